The van der Waals surface area contributed by atoms with Gasteiger partial charge in [0, 0.05) is 16.8 Å². The Morgan fingerprint density at radius 2 is 2.00 bits per heavy atom. The van der Waals surface area contributed by atoms with E-state index in [1.165, 1.54) is 5.56 Å². The van der Waals surface area contributed by atoms with Gasteiger partial charge in [-0.3, -0.25) is 0 Å². The summed E-state index contributed by atoms with van der Waals surface area (Å²) in [5.41, 5.74) is 1.29. The molecule has 0 amide bonds. The molecule has 0 N–H and O–H groups in total. The smallest absolute Gasteiger partial charge is 0 e. The molecule has 0 aliphatic rings. The van der Waals surface area contributed by atoms with Crippen LogP contribution in [-0.2, 0) is 16.8 Å². The number of hydrogen-bond acceptors (Lipinski definition) is 0. The first-order valence-corrected chi connectivity index (χ1v) is 3.27. The molecule has 0 heterocycles. The molecule has 0 aromatic heterocycles. The maximum Gasteiger partial charge on any atom is 0 e. The molecule has 0 nitrogen and oxygen atoms in total. The molecule has 0 atom stereocenters. The van der Waals surface area contributed by atoms with Gasteiger partial charge in [-0.2, -0.15) is 35.9 Å². The summed E-state index contributed by atoms with van der Waals surface area (Å²) in [7, 11) is 0. The topological polar surface area (TPSA) is 0 Å². The van der Waals surface area contributed by atoms with Crippen LogP contribution in [0.15, 0.2) is 24.3 Å². The van der Waals surface area contributed by atoms with Crippen LogP contribution >= 0.6 is 0 Å². The largest absolute Gasteiger partial charge is 0.180 e. The fourth-order valence-electron chi connectivity index (χ4n) is 0.766. The maximum atomic E-state index is 3.17. The number of hydrogen-bond donors (Lipinski definition) is 0. The molecule has 0 spiro atoms. The summed E-state index contributed by atoms with van der Waals surface area (Å²) in [4.78, 5) is 0. The Morgan fingerprint density at radius 1 is 1.30 bits per heavy atom. The standard InChI is InChI=1S/C9H11.Co/c1-8(2)9-6-4-3-5-7-9;/h3-6,8H,1-2H3;/q-1;. The number of rotatable bonds is 1. The third kappa shape index (κ3) is 2.54. The van der Waals surface area contributed by atoms with Gasteiger partial charge in [0.2, 0.25) is 0 Å². The first kappa shape index (κ1) is 9.73. The molecule has 0 saturated heterocycles. The van der Waals surface area contributed by atoms with Crippen LogP contribution in [-0.4, -0.2) is 0 Å². The van der Waals surface area contributed by atoms with Crippen LogP contribution in [0.5, 0.6) is 0 Å². The van der Waals surface area contributed by atoms with Gasteiger partial charge in [0.05, 0.1) is 0 Å². The Bertz CT molecular complexity index is 167. The Balaban J connectivity index is 0.000000810. The normalized spacial score (nSPS) is 9.10. The molecular weight excluding hydrogens is 167 g/mol. The minimum Gasteiger partial charge on any atom is -0.180 e. The summed E-state index contributed by atoms with van der Waals surface area (Å²) in [6.45, 7) is 4.34. The van der Waals surface area contributed by atoms with E-state index >= 15 is 0 Å². The summed E-state index contributed by atoms with van der Waals surface area (Å²) < 4.78 is 0. The second-order valence-corrected chi connectivity index (χ2v) is 2.47. The Morgan fingerprint density at radius 3 is 2.30 bits per heavy atom. The SMILES string of the molecule is CC(C)c1[c-]cccc1.[Co]. The van der Waals surface area contributed by atoms with Crippen molar-refractivity contribution in [3.8, 4) is 0 Å². The van der Waals surface area contributed by atoms with Crippen molar-refractivity contribution in [2.45, 2.75) is 19.8 Å². The molecule has 1 aromatic carbocycles. The van der Waals surface area contributed by atoms with Crippen molar-refractivity contribution < 1.29 is 16.8 Å². The van der Waals surface area contributed by atoms with Crippen LogP contribution < -0.4 is 0 Å². The number of benzene rings is 1. The van der Waals surface area contributed by atoms with Gasteiger partial charge < -0.3 is 0 Å². The molecule has 57 valence electrons. The molecule has 1 radical (unpaired) electrons. The van der Waals surface area contributed by atoms with E-state index in [1.807, 2.05) is 18.2 Å². The predicted octanol–water partition coefficient (Wildman–Crippen LogP) is 2.61. The average Bonchev–Trinajstić information content (AvgIpc) is 1.90. The Kier molecular flexibility index (Phi) is 4.40. The third-order valence-electron chi connectivity index (χ3n) is 1.36. The van der Waals surface area contributed by atoms with E-state index < -0.39 is 0 Å². The summed E-state index contributed by atoms with van der Waals surface area (Å²) in [6.07, 6.45) is 0. The van der Waals surface area contributed by atoms with Crippen molar-refractivity contribution in [1.29, 1.82) is 0 Å². The predicted molar refractivity (Wildman–Crippen MR) is 39.4 cm³/mol. The van der Waals surface area contributed by atoms with Crippen LogP contribution in [0.25, 0.3) is 0 Å². The van der Waals surface area contributed by atoms with E-state index in [4.69, 9.17) is 0 Å². The monoisotopic (exact) mass is 178 g/mol. The van der Waals surface area contributed by atoms with Crippen LogP contribution in [0.4, 0.5) is 0 Å². The van der Waals surface area contributed by atoms with Gasteiger partial charge in [0.25, 0.3) is 0 Å². The molecule has 1 heteroatoms. The van der Waals surface area contributed by atoms with E-state index in [9.17, 15) is 0 Å². The molecular formula is C9H11Co-. The minimum atomic E-state index is 0. The van der Waals surface area contributed by atoms with Crippen LogP contribution in [0, 0.1) is 6.07 Å². The van der Waals surface area contributed by atoms with Crippen LogP contribution in [0.3, 0.4) is 0 Å². The van der Waals surface area contributed by atoms with E-state index in [2.05, 4.69) is 26.0 Å². The van der Waals surface area contributed by atoms with Crippen molar-refractivity contribution in [3.05, 3.63) is 35.9 Å². The first-order valence-electron chi connectivity index (χ1n) is 3.27. The van der Waals surface area contributed by atoms with E-state index in [0.717, 1.165) is 0 Å². The van der Waals surface area contributed by atoms with E-state index in [-0.39, 0.29) is 16.8 Å². The molecule has 10 heavy (non-hydrogen) atoms. The van der Waals surface area contributed by atoms with Crippen molar-refractivity contribution in [2.24, 2.45) is 0 Å². The van der Waals surface area contributed by atoms with Crippen molar-refractivity contribution >= 4 is 0 Å². The fourth-order valence-corrected chi connectivity index (χ4v) is 0.766. The van der Waals surface area contributed by atoms with Crippen molar-refractivity contribution in [3.63, 3.8) is 0 Å². The van der Waals surface area contributed by atoms with Gasteiger partial charge in [0.15, 0.2) is 0 Å². The molecule has 1 aromatic rings. The van der Waals surface area contributed by atoms with Gasteiger partial charge in [-0.05, 0) is 5.92 Å². The van der Waals surface area contributed by atoms with Crippen LogP contribution in [0.2, 0.25) is 0 Å². The molecule has 0 saturated carbocycles. The van der Waals surface area contributed by atoms with E-state index in [1.54, 1.807) is 0 Å². The minimum absolute atomic E-state index is 0. The summed E-state index contributed by atoms with van der Waals surface area (Å²) in [5.74, 6) is 0.603. The van der Waals surface area contributed by atoms with Gasteiger partial charge in [-0.15, -0.1) is 0 Å². The third-order valence-corrected chi connectivity index (χ3v) is 1.36. The Hall–Kier alpha value is -0.274. The van der Waals surface area contributed by atoms with Crippen molar-refractivity contribution in [1.82, 2.24) is 0 Å². The van der Waals surface area contributed by atoms with Gasteiger partial charge >= 0.3 is 0 Å². The van der Waals surface area contributed by atoms with Crippen LogP contribution in [0.1, 0.15) is 25.3 Å². The first-order chi connectivity index (χ1) is 4.30. The van der Waals surface area contributed by atoms with Crippen molar-refractivity contribution in [2.75, 3.05) is 0 Å². The second kappa shape index (κ2) is 4.53. The molecule has 0 unspecified atom stereocenters. The zero-order chi connectivity index (χ0) is 6.69. The summed E-state index contributed by atoms with van der Waals surface area (Å²) in [5, 5.41) is 0. The van der Waals surface area contributed by atoms with Gasteiger partial charge in [-0.1, -0.05) is 13.8 Å². The molecule has 0 aliphatic carbocycles. The molecule has 1 rings (SSSR count). The fraction of sp³-hybridized carbons (Fsp3) is 0.333. The maximum absolute atomic E-state index is 3.17. The molecule has 0 aliphatic heterocycles. The van der Waals surface area contributed by atoms with Gasteiger partial charge in [-0.25, -0.2) is 0 Å². The van der Waals surface area contributed by atoms with E-state index in [0.29, 0.717) is 5.92 Å². The zero-order valence-electron chi connectivity index (χ0n) is 6.22. The summed E-state index contributed by atoms with van der Waals surface area (Å²) >= 11 is 0. The van der Waals surface area contributed by atoms with Gasteiger partial charge in [0.1, 0.15) is 0 Å². The molecule has 0 fully saturated rings. The quantitative estimate of drug-likeness (QED) is 0.580. The zero-order valence-corrected chi connectivity index (χ0v) is 7.26. The summed E-state index contributed by atoms with van der Waals surface area (Å²) in [6, 6.07) is 11.3. The average molecular weight is 178 g/mol. The second-order valence-electron chi connectivity index (χ2n) is 2.47. The Labute approximate surface area is 72.8 Å². The molecule has 0 bridgehead atoms.